The molecule has 0 aliphatic heterocycles. The lowest BCUT2D eigenvalue weighted by atomic mass is 10.1. The molecule has 20 heavy (non-hydrogen) atoms. The Morgan fingerprint density at radius 2 is 1.80 bits per heavy atom. The van der Waals surface area contributed by atoms with E-state index < -0.39 is 11.7 Å². The van der Waals surface area contributed by atoms with E-state index in [1.807, 2.05) is 0 Å². The van der Waals surface area contributed by atoms with E-state index in [1.165, 1.54) is 18.2 Å². The molecule has 6 heteroatoms. The highest BCUT2D eigenvalue weighted by molar-refractivity contribution is 5.62. The highest BCUT2D eigenvalue weighted by Gasteiger charge is 2.34. The summed E-state index contributed by atoms with van der Waals surface area (Å²) in [6.07, 6.45) is -2.45. The lowest BCUT2D eigenvalue weighted by Crippen LogP contribution is -2.09. The molecule has 1 aromatic heterocycles. The first-order valence-electron chi connectivity index (χ1n) is 6.26. The van der Waals surface area contributed by atoms with Crippen LogP contribution in [0.15, 0.2) is 30.3 Å². The minimum atomic E-state index is -4.44. The van der Waals surface area contributed by atoms with Crippen LogP contribution in [0.4, 0.5) is 19.0 Å². The predicted molar refractivity (Wildman–Crippen MR) is 68.9 cm³/mol. The van der Waals surface area contributed by atoms with Crippen LogP contribution >= 0.6 is 0 Å². The monoisotopic (exact) mass is 279 g/mol. The van der Waals surface area contributed by atoms with Gasteiger partial charge in [-0.2, -0.15) is 13.2 Å². The van der Waals surface area contributed by atoms with Crippen molar-refractivity contribution in [1.29, 1.82) is 0 Å². The molecular weight excluding hydrogens is 267 g/mol. The second-order valence-corrected chi connectivity index (χ2v) is 4.86. The average Bonchev–Trinajstić information content (AvgIpc) is 3.21. The van der Waals surface area contributed by atoms with Crippen LogP contribution in [0.5, 0.6) is 0 Å². The van der Waals surface area contributed by atoms with Gasteiger partial charge in [-0.3, -0.25) is 0 Å². The number of nitrogens with zero attached hydrogens (tertiary/aromatic N) is 2. The summed E-state index contributed by atoms with van der Waals surface area (Å²) in [4.78, 5) is 8.20. The second kappa shape index (κ2) is 4.47. The summed E-state index contributed by atoms with van der Waals surface area (Å²) in [5.74, 6) is 0.547. The number of nitrogens with two attached hydrogens (primary N) is 1. The molecule has 1 aromatic carbocycles. The van der Waals surface area contributed by atoms with Gasteiger partial charge in [-0.25, -0.2) is 9.97 Å². The Morgan fingerprint density at radius 3 is 2.45 bits per heavy atom. The lowest BCUT2D eigenvalue weighted by molar-refractivity contribution is -0.137. The van der Waals surface area contributed by atoms with Gasteiger partial charge in [0.2, 0.25) is 0 Å². The molecule has 1 aliphatic carbocycles. The van der Waals surface area contributed by atoms with Crippen LogP contribution in [-0.4, -0.2) is 9.97 Å². The van der Waals surface area contributed by atoms with Gasteiger partial charge in [-0.15, -0.1) is 0 Å². The van der Waals surface area contributed by atoms with Gasteiger partial charge in [0.05, 0.1) is 5.56 Å². The smallest absolute Gasteiger partial charge is 0.384 e. The zero-order valence-electron chi connectivity index (χ0n) is 10.5. The van der Waals surface area contributed by atoms with Crippen LogP contribution in [0.2, 0.25) is 0 Å². The topological polar surface area (TPSA) is 51.8 Å². The SMILES string of the molecule is Nc1cc(C2CC2)nc(-c2ccccc2C(F)(F)F)n1. The molecule has 0 amide bonds. The molecule has 1 aliphatic rings. The van der Waals surface area contributed by atoms with Gasteiger partial charge in [0.15, 0.2) is 5.82 Å². The number of hydrogen-bond donors (Lipinski definition) is 1. The fraction of sp³-hybridized carbons (Fsp3) is 0.286. The van der Waals surface area contributed by atoms with E-state index in [9.17, 15) is 13.2 Å². The number of benzene rings is 1. The van der Waals surface area contributed by atoms with E-state index in [0.29, 0.717) is 5.92 Å². The molecule has 1 fully saturated rings. The molecule has 2 N–H and O–H groups in total. The van der Waals surface area contributed by atoms with Crippen LogP contribution in [0.1, 0.15) is 30.0 Å². The average molecular weight is 279 g/mol. The molecular formula is C14H12F3N3. The number of halogens is 3. The van der Waals surface area contributed by atoms with E-state index >= 15 is 0 Å². The zero-order valence-corrected chi connectivity index (χ0v) is 10.5. The summed E-state index contributed by atoms with van der Waals surface area (Å²) in [7, 11) is 0. The van der Waals surface area contributed by atoms with Crippen molar-refractivity contribution < 1.29 is 13.2 Å². The summed E-state index contributed by atoms with van der Waals surface area (Å²) >= 11 is 0. The zero-order chi connectivity index (χ0) is 14.3. The first-order valence-corrected chi connectivity index (χ1v) is 6.26. The maximum atomic E-state index is 13.0. The molecule has 3 nitrogen and oxygen atoms in total. The maximum absolute atomic E-state index is 13.0. The van der Waals surface area contributed by atoms with Crippen molar-refractivity contribution in [3.63, 3.8) is 0 Å². The minimum Gasteiger partial charge on any atom is -0.384 e. The molecule has 3 rings (SSSR count). The third-order valence-corrected chi connectivity index (χ3v) is 3.23. The van der Waals surface area contributed by atoms with Crippen LogP contribution in [0.3, 0.4) is 0 Å². The van der Waals surface area contributed by atoms with Crippen molar-refractivity contribution in [3.8, 4) is 11.4 Å². The van der Waals surface area contributed by atoms with Gasteiger partial charge in [-0.05, 0) is 18.9 Å². The van der Waals surface area contributed by atoms with Crippen LogP contribution in [0.25, 0.3) is 11.4 Å². The van der Waals surface area contributed by atoms with Crippen molar-refractivity contribution in [2.45, 2.75) is 24.9 Å². The Bertz CT molecular complexity index is 648. The van der Waals surface area contributed by atoms with E-state index in [2.05, 4.69) is 9.97 Å². The Kier molecular flexibility index (Phi) is 2.88. The van der Waals surface area contributed by atoms with E-state index in [0.717, 1.165) is 24.6 Å². The fourth-order valence-corrected chi connectivity index (χ4v) is 2.12. The third-order valence-electron chi connectivity index (χ3n) is 3.23. The number of rotatable bonds is 2. The first-order chi connectivity index (χ1) is 9.45. The van der Waals surface area contributed by atoms with Gasteiger partial charge >= 0.3 is 6.18 Å². The van der Waals surface area contributed by atoms with Gasteiger partial charge in [0.25, 0.3) is 0 Å². The number of alkyl halides is 3. The quantitative estimate of drug-likeness (QED) is 0.913. The van der Waals surface area contributed by atoms with E-state index in [4.69, 9.17) is 5.73 Å². The predicted octanol–water partition coefficient (Wildman–Crippen LogP) is 3.62. The fourth-order valence-electron chi connectivity index (χ4n) is 2.12. The molecule has 0 atom stereocenters. The number of nitrogen functional groups attached to an aromatic ring is 1. The molecule has 0 unspecified atom stereocenters. The van der Waals surface area contributed by atoms with Gasteiger partial charge < -0.3 is 5.73 Å². The Balaban J connectivity index is 2.13. The first kappa shape index (κ1) is 12.9. The van der Waals surface area contributed by atoms with Crippen molar-refractivity contribution >= 4 is 5.82 Å². The van der Waals surface area contributed by atoms with E-state index in [1.54, 1.807) is 6.07 Å². The largest absolute Gasteiger partial charge is 0.417 e. The summed E-state index contributed by atoms with van der Waals surface area (Å²) in [5, 5.41) is 0. The summed E-state index contributed by atoms with van der Waals surface area (Å²) in [6.45, 7) is 0. The van der Waals surface area contributed by atoms with E-state index in [-0.39, 0.29) is 17.2 Å². The highest BCUT2D eigenvalue weighted by atomic mass is 19.4. The van der Waals surface area contributed by atoms with Crippen molar-refractivity contribution in [1.82, 2.24) is 9.97 Å². The third kappa shape index (κ3) is 2.45. The van der Waals surface area contributed by atoms with Gasteiger partial charge in [0, 0.05) is 23.2 Å². The van der Waals surface area contributed by atoms with Crippen LogP contribution in [0, 0.1) is 0 Å². The van der Waals surface area contributed by atoms with Gasteiger partial charge in [-0.1, -0.05) is 18.2 Å². The maximum Gasteiger partial charge on any atom is 0.417 e. The summed E-state index contributed by atoms with van der Waals surface area (Å²) < 4.78 is 39.1. The molecule has 104 valence electrons. The molecule has 1 saturated carbocycles. The Hall–Kier alpha value is -2.11. The number of aromatic nitrogens is 2. The highest BCUT2D eigenvalue weighted by Crippen LogP contribution is 2.41. The van der Waals surface area contributed by atoms with Crippen LogP contribution in [-0.2, 0) is 6.18 Å². The molecule has 0 spiro atoms. The van der Waals surface area contributed by atoms with Crippen molar-refractivity contribution in [2.75, 3.05) is 5.73 Å². The van der Waals surface area contributed by atoms with Crippen molar-refractivity contribution in [2.24, 2.45) is 0 Å². The number of anilines is 1. The minimum absolute atomic E-state index is 0.0331. The molecule has 0 saturated heterocycles. The summed E-state index contributed by atoms with van der Waals surface area (Å²) in [5.41, 5.74) is 5.64. The molecule has 0 radical (unpaired) electrons. The van der Waals surface area contributed by atoms with Gasteiger partial charge in [0.1, 0.15) is 5.82 Å². The summed E-state index contributed by atoms with van der Waals surface area (Å²) in [6, 6.07) is 6.92. The molecule has 0 bridgehead atoms. The second-order valence-electron chi connectivity index (χ2n) is 4.86. The number of hydrogen-bond acceptors (Lipinski definition) is 3. The standard InChI is InChI=1S/C14H12F3N3/c15-14(16,17)10-4-2-1-3-9(10)13-19-11(8-5-6-8)7-12(18)20-13/h1-4,7-8H,5-6H2,(H2,18,19,20). The molecule has 1 heterocycles. The van der Waals surface area contributed by atoms with Crippen molar-refractivity contribution in [3.05, 3.63) is 41.6 Å². The Labute approximate surface area is 113 Å². The molecule has 2 aromatic rings. The van der Waals surface area contributed by atoms with Crippen LogP contribution < -0.4 is 5.73 Å². The lowest BCUT2D eigenvalue weighted by Gasteiger charge is -2.12. The Morgan fingerprint density at radius 1 is 1.10 bits per heavy atom. The normalized spacial score (nSPS) is 15.3.